The standard InChI is InChI=1S/C14H13N3O/c15-11-4-1-9(2-5-11)14(16)10-3-6-12-13(7-10)18-8-17-12/h1-8,14H,15-16H2. The Balaban J connectivity index is 2.00. The number of nitrogen functional groups attached to an aromatic ring is 1. The van der Waals surface area contributed by atoms with Crippen molar-refractivity contribution in [1.29, 1.82) is 0 Å². The van der Waals surface area contributed by atoms with Crippen LogP contribution >= 0.6 is 0 Å². The van der Waals surface area contributed by atoms with Gasteiger partial charge in [-0.25, -0.2) is 4.98 Å². The van der Waals surface area contributed by atoms with E-state index in [-0.39, 0.29) is 6.04 Å². The highest BCUT2D eigenvalue weighted by Crippen LogP contribution is 2.23. The Morgan fingerprint density at radius 2 is 1.72 bits per heavy atom. The molecule has 4 heteroatoms. The first kappa shape index (κ1) is 10.8. The molecule has 0 amide bonds. The Hall–Kier alpha value is -2.33. The Kier molecular flexibility index (Phi) is 2.50. The average molecular weight is 239 g/mol. The Labute approximate surface area is 104 Å². The molecule has 3 aromatic rings. The van der Waals surface area contributed by atoms with E-state index < -0.39 is 0 Å². The van der Waals surface area contributed by atoms with E-state index in [1.807, 2.05) is 42.5 Å². The van der Waals surface area contributed by atoms with Gasteiger partial charge in [-0.3, -0.25) is 0 Å². The lowest BCUT2D eigenvalue weighted by Crippen LogP contribution is -2.11. The number of nitrogens with zero attached hydrogens (tertiary/aromatic N) is 1. The Morgan fingerprint density at radius 3 is 2.50 bits per heavy atom. The summed E-state index contributed by atoms with van der Waals surface area (Å²) in [5.41, 5.74) is 16.2. The van der Waals surface area contributed by atoms with Crippen LogP contribution in [0.4, 0.5) is 5.69 Å². The van der Waals surface area contributed by atoms with Crippen LogP contribution in [0.1, 0.15) is 17.2 Å². The molecule has 0 saturated carbocycles. The summed E-state index contributed by atoms with van der Waals surface area (Å²) in [5, 5.41) is 0. The zero-order valence-electron chi connectivity index (χ0n) is 9.71. The minimum Gasteiger partial charge on any atom is -0.443 e. The van der Waals surface area contributed by atoms with Crippen molar-refractivity contribution >= 4 is 16.8 Å². The fourth-order valence-corrected chi connectivity index (χ4v) is 1.96. The molecule has 1 aromatic heterocycles. The van der Waals surface area contributed by atoms with Crippen molar-refractivity contribution in [2.45, 2.75) is 6.04 Å². The summed E-state index contributed by atoms with van der Waals surface area (Å²) in [6.07, 6.45) is 1.43. The van der Waals surface area contributed by atoms with Crippen molar-refractivity contribution in [3.05, 3.63) is 60.0 Å². The number of anilines is 1. The van der Waals surface area contributed by atoms with Gasteiger partial charge in [-0.1, -0.05) is 18.2 Å². The third-order valence-electron chi connectivity index (χ3n) is 3.01. The molecule has 0 bridgehead atoms. The van der Waals surface area contributed by atoms with E-state index in [1.54, 1.807) is 0 Å². The van der Waals surface area contributed by atoms with Crippen molar-refractivity contribution in [2.75, 3.05) is 5.73 Å². The number of fused-ring (bicyclic) bond motifs is 1. The molecule has 90 valence electrons. The summed E-state index contributed by atoms with van der Waals surface area (Å²) in [5.74, 6) is 0. The van der Waals surface area contributed by atoms with E-state index in [2.05, 4.69) is 4.98 Å². The van der Waals surface area contributed by atoms with Crippen molar-refractivity contribution < 1.29 is 4.42 Å². The molecule has 0 aliphatic rings. The predicted molar refractivity (Wildman–Crippen MR) is 70.9 cm³/mol. The van der Waals surface area contributed by atoms with Crippen molar-refractivity contribution in [3.8, 4) is 0 Å². The third-order valence-corrected chi connectivity index (χ3v) is 3.01. The highest BCUT2D eigenvalue weighted by atomic mass is 16.3. The van der Waals surface area contributed by atoms with Crippen molar-refractivity contribution in [1.82, 2.24) is 4.98 Å². The first-order valence-electron chi connectivity index (χ1n) is 5.68. The molecule has 0 spiro atoms. The number of nitrogens with two attached hydrogens (primary N) is 2. The van der Waals surface area contributed by atoms with Gasteiger partial charge in [0.05, 0.1) is 6.04 Å². The summed E-state index contributed by atoms with van der Waals surface area (Å²) in [6, 6.07) is 13.2. The van der Waals surface area contributed by atoms with E-state index in [4.69, 9.17) is 15.9 Å². The summed E-state index contributed by atoms with van der Waals surface area (Å²) >= 11 is 0. The van der Waals surface area contributed by atoms with Gasteiger partial charge in [-0.2, -0.15) is 0 Å². The molecule has 4 N–H and O–H groups in total. The molecule has 0 fully saturated rings. The molecule has 1 heterocycles. The molecule has 0 saturated heterocycles. The van der Waals surface area contributed by atoms with Crippen LogP contribution in [0.2, 0.25) is 0 Å². The average Bonchev–Trinajstić information content (AvgIpc) is 2.86. The van der Waals surface area contributed by atoms with Gasteiger partial charge < -0.3 is 15.9 Å². The van der Waals surface area contributed by atoms with Gasteiger partial charge in [-0.05, 0) is 35.4 Å². The lowest BCUT2D eigenvalue weighted by atomic mass is 9.99. The number of hydrogen-bond acceptors (Lipinski definition) is 4. The second-order valence-corrected chi connectivity index (χ2v) is 4.22. The van der Waals surface area contributed by atoms with Gasteiger partial charge in [0.1, 0.15) is 5.52 Å². The number of rotatable bonds is 2. The van der Waals surface area contributed by atoms with E-state index in [1.165, 1.54) is 6.39 Å². The number of aromatic nitrogens is 1. The molecular formula is C14H13N3O. The molecule has 0 aliphatic heterocycles. The van der Waals surface area contributed by atoms with E-state index in [0.717, 1.165) is 27.9 Å². The summed E-state index contributed by atoms with van der Waals surface area (Å²) in [7, 11) is 0. The highest BCUT2D eigenvalue weighted by Gasteiger charge is 2.10. The van der Waals surface area contributed by atoms with E-state index in [9.17, 15) is 0 Å². The van der Waals surface area contributed by atoms with E-state index in [0.29, 0.717) is 0 Å². The SMILES string of the molecule is Nc1ccc(C(N)c2ccc3ncoc3c2)cc1. The molecule has 2 aromatic carbocycles. The van der Waals surface area contributed by atoms with Gasteiger partial charge in [0.25, 0.3) is 0 Å². The van der Waals surface area contributed by atoms with Gasteiger partial charge in [0.2, 0.25) is 0 Å². The Morgan fingerprint density at radius 1 is 1.00 bits per heavy atom. The van der Waals surface area contributed by atoms with Gasteiger partial charge in [0, 0.05) is 5.69 Å². The summed E-state index contributed by atoms with van der Waals surface area (Å²) in [4.78, 5) is 4.08. The second kappa shape index (κ2) is 4.16. The minimum absolute atomic E-state index is 0.194. The van der Waals surface area contributed by atoms with E-state index >= 15 is 0 Å². The van der Waals surface area contributed by atoms with Gasteiger partial charge in [-0.15, -0.1) is 0 Å². The number of oxazole rings is 1. The van der Waals surface area contributed by atoms with Crippen LogP contribution in [0.5, 0.6) is 0 Å². The zero-order valence-corrected chi connectivity index (χ0v) is 9.71. The zero-order chi connectivity index (χ0) is 12.5. The topological polar surface area (TPSA) is 78.1 Å². The van der Waals surface area contributed by atoms with Crippen molar-refractivity contribution in [3.63, 3.8) is 0 Å². The normalized spacial score (nSPS) is 12.7. The summed E-state index contributed by atoms with van der Waals surface area (Å²) in [6.45, 7) is 0. The molecule has 0 aliphatic carbocycles. The minimum atomic E-state index is -0.194. The lowest BCUT2D eigenvalue weighted by molar-refractivity contribution is 0.601. The van der Waals surface area contributed by atoms with Crippen LogP contribution in [0.3, 0.4) is 0 Å². The lowest BCUT2D eigenvalue weighted by Gasteiger charge is -2.12. The fourth-order valence-electron chi connectivity index (χ4n) is 1.96. The third kappa shape index (κ3) is 1.83. The molecule has 0 radical (unpaired) electrons. The number of benzene rings is 2. The van der Waals surface area contributed by atoms with Crippen LogP contribution in [0.15, 0.2) is 53.3 Å². The second-order valence-electron chi connectivity index (χ2n) is 4.22. The molecule has 4 nitrogen and oxygen atoms in total. The maximum Gasteiger partial charge on any atom is 0.181 e. The van der Waals surface area contributed by atoms with Crippen LogP contribution in [-0.4, -0.2) is 4.98 Å². The van der Waals surface area contributed by atoms with Crippen LogP contribution in [-0.2, 0) is 0 Å². The monoisotopic (exact) mass is 239 g/mol. The smallest absolute Gasteiger partial charge is 0.181 e. The van der Waals surface area contributed by atoms with Crippen LogP contribution in [0.25, 0.3) is 11.1 Å². The fraction of sp³-hybridized carbons (Fsp3) is 0.0714. The largest absolute Gasteiger partial charge is 0.443 e. The quantitative estimate of drug-likeness (QED) is 0.673. The number of hydrogen-bond donors (Lipinski definition) is 2. The predicted octanol–water partition coefficient (Wildman–Crippen LogP) is 2.46. The molecule has 3 rings (SSSR count). The maximum atomic E-state index is 6.22. The molecule has 18 heavy (non-hydrogen) atoms. The van der Waals surface area contributed by atoms with Crippen LogP contribution in [0, 0.1) is 0 Å². The summed E-state index contributed by atoms with van der Waals surface area (Å²) < 4.78 is 5.28. The highest BCUT2D eigenvalue weighted by molar-refractivity contribution is 5.73. The Bertz CT molecular complexity index is 673. The molecular weight excluding hydrogens is 226 g/mol. The molecule has 1 unspecified atom stereocenters. The van der Waals surface area contributed by atoms with Gasteiger partial charge >= 0.3 is 0 Å². The first-order chi connectivity index (χ1) is 8.74. The maximum absolute atomic E-state index is 6.22. The van der Waals surface area contributed by atoms with Crippen molar-refractivity contribution in [2.24, 2.45) is 5.73 Å². The van der Waals surface area contributed by atoms with Gasteiger partial charge in [0.15, 0.2) is 12.0 Å². The van der Waals surface area contributed by atoms with Crippen LogP contribution < -0.4 is 11.5 Å². The molecule has 1 atom stereocenters. The first-order valence-corrected chi connectivity index (χ1v) is 5.68.